The van der Waals surface area contributed by atoms with Gasteiger partial charge in [0.05, 0.1) is 12.7 Å². The second kappa shape index (κ2) is 7.38. The zero-order valence-electron chi connectivity index (χ0n) is 14.1. The molecule has 130 valence electrons. The third kappa shape index (κ3) is 4.08. The van der Waals surface area contributed by atoms with Crippen molar-refractivity contribution in [3.05, 3.63) is 28.5 Å². The second-order valence-corrected chi connectivity index (χ2v) is 8.27. The smallest absolute Gasteiger partial charge is 0.246 e. The highest BCUT2D eigenvalue weighted by Crippen LogP contribution is 2.31. The fourth-order valence-corrected chi connectivity index (χ4v) is 4.41. The summed E-state index contributed by atoms with van der Waals surface area (Å²) in [5, 5.41) is 2.03. The van der Waals surface area contributed by atoms with E-state index in [-0.39, 0.29) is 12.0 Å². The summed E-state index contributed by atoms with van der Waals surface area (Å²) < 4.78 is 6.11. The van der Waals surface area contributed by atoms with Gasteiger partial charge < -0.3 is 14.5 Å². The molecule has 0 spiro atoms. The number of nitrogens with zero attached hydrogens (tertiary/aromatic N) is 2. The zero-order chi connectivity index (χ0) is 16.4. The fourth-order valence-electron chi connectivity index (χ4n) is 3.80. The number of likely N-dealkylation sites (tertiary alicyclic amines) is 1. The molecule has 1 aromatic heterocycles. The van der Waals surface area contributed by atoms with Crippen LogP contribution < -0.4 is 0 Å². The summed E-state index contributed by atoms with van der Waals surface area (Å²) in [5.41, 5.74) is 0. The summed E-state index contributed by atoms with van der Waals surface area (Å²) in [5.74, 6) is 1.63. The average molecular weight is 346 g/mol. The normalized spacial score (nSPS) is 28.8. The first kappa shape index (κ1) is 16.3. The van der Waals surface area contributed by atoms with Crippen molar-refractivity contribution in [2.45, 2.75) is 25.4 Å². The Morgan fingerprint density at radius 3 is 3.00 bits per heavy atom. The van der Waals surface area contributed by atoms with Gasteiger partial charge >= 0.3 is 0 Å². The molecule has 0 unspecified atom stereocenters. The molecular formula is C19H26N2O2S. The average Bonchev–Trinajstić information content (AvgIpc) is 3.30. The van der Waals surface area contributed by atoms with Gasteiger partial charge in [-0.15, -0.1) is 11.3 Å². The van der Waals surface area contributed by atoms with E-state index in [1.54, 1.807) is 17.4 Å². The minimum Gasteiger partial charge on any atom is -0.375 e. The molecule has 3 aliphatic rings. The Kier molecular flexibility index (Phi) is 5.01. The number of rotatable bonds is 4. The van der Waals surface area contributed by atoms with Crippen LogP contribution in [0.4, 0.5) is 0 Å². The number of hydrogen-bond acceptors (Lipinski definition) is 4. The molecule has 2 aliphatic heterocycles. The van der Waals surface area contributed by atoms with Crippen LogP contribution in [0.5, 0.6) is 0 Å². The summed E-state index contributed by atoms with van der Waals surface area (Å²) in [6.07, 6.45) is 7.72. The fraction of sp³-hybridized carbons (Fsp3) is 0.632. The molecule has 0 N–H and O–H groups in total. The maximum absolute atomic E-state index is 12.4. The van der Waals surface area contributed by atoms with Gasteiger partial charge in [-0.2, -0.15) is 0 Å². The molecule has 1 aliphatic carbocycles. The van der Waals surface area contributed by atoms with E-state index in [9.17, 15) is 4.79 Å². The molecule has 1 amide bonds. The summed E-state index contributed by atoms with van der Waals surface area (Å²) >= 11 is 1.65. The number of ether oxygens (including phenoxy) is 1. The number of hydrogen-bond donors (Lipinski definition) is 0. The highest BCUT2D eigenvalue weighted by Gasteiger charge is 2.35. The van der Waals surface area contributed by atoms with Crippen LogP contribution in [-0.4, -0.2) is 61.1 Å². The van der Waals surface area contributed by atoms with E-state index in [2.05, 4.69) is 4.90 Å². The summed E-state index contributed by atoms with van der Waals surface area (Å²) in [4.78, 5) is 18.1. The van der Waals surface area contributed by atoms with Crippen molar-refractivity contribution in [1.82, 2.24) is 9.80 Å². The van der Waals surface area contributed by atoms with E-state index >= 15 is 0 Å². The quantitative estimate of drug-likeness (QED) is 0.786. The Bertz CT molecular complexity index is 582. The third-order valence-electron chi connectivity index (χ3n) is 5.39. The Morgan fingerprint density at radius 2 is 2.21 bits per heavy atom. The molecule has 3 heterocycles. The SMILES string of the molecule is O=C(/C=C/c1cccs1)N1CC[C@@H]2CN(CC3CC3)CCO[C@@H]2C1. The Labute approximate surface area is 148 Å². The van der Waals surface area contributed by atoms with Crippen LogP contribution in [0.25, 0.3) is 6.08 Å². The van der Waals surface area contributed by atoms with Gasteiger partial charge in [0.15, 0.2) is 0 Å². The predicted octanol–water partition coefficient (Wildman–Crippen LogP) is 2.72. The topological polar surface area (TPSA) is 32.8 Å². The summed E-state index contributed by atoms with van der Waals surface area (Å²) in [7, 11) is 0. The molecule has 0 aromatic carbocycles. The molecule has 0 radical (unpaired) electrons. The first-order valence-electron chi connectivity index (χ1n) is 9.12. The number of piperidine rings is 1. The molecule has 0 bridgehead atoms. The molecule has 24 heavy (non-hydrogen) atoms. The molecule has 1 aromatic rings. The molecule has 5 heteroatoms. The van der Waals surface area contributed by atoms with Crippen molar-refractivity contribution >= 4 is 23.3 Å². The lowest BCUT2D eigenvalue weighted by molar-refractivity contribution is -0.131. The van der Waals surface area contributed by atoms with Crippen molar-refractivity contribution in [2.75, 3.05) is 39.3 Å². The van der Waals surface area contributed by atoms with E-state index < -0.39 is 0 Å². The lowest BCUT2D eigenvalue weighted by atomic mass is 9.93. The zero-order valence-corrected chi connectivity index (χ0v) is 14.9. The predicted molar refractivity (Wildman–Crippen MR) is 96.9 cm³/mol. The van der Waals surface area contributed by atoms with Crippen LogP contribution in [0.3, 0.4) is 0 Å². The number of fused-ring (bicyclic) bond motifs is 1. The molecule has 2 atom stereocenters. The molecule has 4 rings (SSSR count). The molecule has 2 saturated heterocycles. The van der Waals surface area contributed by atoms with Crippen LogP contribution in [0.2, 0.25) is 0 Å². The Morgan fingerprint density at radius 1 is 1.29 bits per heavy atom. The molecule has 3 fully saturated rings. The summed E-state index contributed by atoms with van der Waals surface area (Å²) in [6, 6.07) is 4.04. The number of carbonyl (C=O) groups excluding carboxylic acids is 1. The minimum absolute atomic E-state index is 0.115. The van der Waals surface area contributed by atoms with E-state index in [0.717, 1.165) is 50.0 Å². The van der Waals surface area contributed by atoms with Crippen LogP contribution in [-0.2, 0) is 9.53 Å². The largest absolute Gasteiger partial charge is 0.375 e. The van der Waals surface area contributed by atoms with Crippen molar-refractivity contribution in [1.29, 1.82) is 0 Å². The van der Waals surface area contributed by atoms with Gasteiger partial charge in [0.25, 0.3) is 0 Å². The number of carbonyl (C=O) groups is 1. The van der Waals surface area contributed by atoms with E-state index in [1.807, 2.05) is 28.5 Å². The Hall–Kier alpha value is -1.17. The van der Waals surface area contributed by atoms with Crippen LogP contribution in [0.1, 0.15) is 24.1 Å². The van der Waals surface area contributed by atoms with Gasteiger partial charge in [0, 0.05) is 49.6 Å². The second-order valence-electron chi connectivity index (χ2n) is 7.29. The Balaban J connectivity index is 1.32. The van der Waals surface area contributed by atoms with Crippen LogP contribution in [0.15, 0.2) is 23.6 Å². The van der Waals surface area contributed by atoms with Crippen molar-refractivity contribution in [3.63, 3.8) is 0 Å². The number of amides is 1. The first-order valence-corrected chi connectivity index (χ1v) is 10.0. The van der Waals surface area contributed by atoms with Crippen molar-refractivity contribution in [2.24, 2.45) is 11.8 Å². The van der Waals surface area contributed by atoms with Crippen molar-refractivity contribution < 1.29 is 9.53 Å². The van der Waals surface area contributed by atoms with E-state index in [1.165, 1.54) is 19.4 Å². The maximum atomic E-state index is 12.4. The van der Waals surface area contributed by atoms with Gasteiger partial charge in [-0.3, -0.25) is 4.79 Å². The van der Waals surface area contributed by atoms with Crippen LogP contribution >= 0.6 is 11.3 Å². The van der Waals surface area contributed by atoms with Gasteiger partial charge in [-0.05, 0) is 42.7 Å². The first-order chi connectivity index (χ1) is 11.8. The third-order valence-corrected chi connectivity index (χ3v) is 6.22. The monoisotopic (exact) mass is 346 g/mol. The lowest BCUT2D eigenvalue weighted by Crippen LogP contribution is -2.48. The van der Waals surface area contributed by atoms with Crippen molar-refractivity contribution in [3.8, 4) is 0 Å². The van der Waals surface area contributed by atoms with E-state index in [4.69, 9.17) is 4.74 Å². The van der Waals surface area contributed by atoms with Gasteiger partial charge in [-0.25, -0.2) is 0 Å². The molecular weight excluding hydrogens is 320 g/mol. The molecule has 4 nitrogen and oxygen atoms in total. The summed E-state index contributed by atoms with van der Waals surface area (Å²) in [6.45, 7) is 5.86. The van der Waals surface area contributed by atoms with Gasteiger partial charge in [0.1, 0.15) is 0 Å². The van der Waals surface area contributed by atoms with Gasteiger partial charge in [0.2, 0.25) is 5.91 Å². The highest BCUT2D eigenvalue weighted by atomic mass is 32.1. The maximum Gasteiger partial charge on any atom is 0.246 e. The lowest BCUT2D eigenvalue weighted by Gasteiger charge is -2.37. The number of thiophene rings is 1. The highest BCUT2D eigenvalue weighted by molar-refractivity contribution is 7.10. The minimum atomic E-state index is 0.115. The standard InChI is InChI=1S/C19H26N2O2S/c22-19(6-5-17-2-1-11-24-17)21-8-7-16-13-20(12-15-3-4-15)9-10-23-18(16)14-21/h1-2,5-6,11,15-16,18H,3-4,7-10,12-14H2/b6-5+/t16-,18-/m1/s1. The van der Waals surface area contributed by atoms with Gasteiger partial charge in [-0.1, -0.05) is 6.07 Å². The molecule has 1 saturated carbocycles. The van der Waals surface area contributed by atoms with E-state index in [0.29, 0.717) is 5.92 Å². The van der Waals surface area contributed by atoms with Crippen LogP contribution in [0, 0.1) is 11.8 Å².